The number of rotatable bonds is 2. The lowest BCUT2D eigenvalue weighted by Crippen LogP contribution is -2.53. The average Bonchev–Trinajstić information content (AvgIpc) is 3.29. The molecule has 5 heteroatoms. The summed E-state index contributed by atoms with van der Waals surface area (Å²) < 4.78 is 0. The summed E-state index contributed by atoms with van der Waals surface area (Å²) >= 11 is 0. The standard InChI is InChI=1S/C22H29N3O2/c1-21-9-7-15-13(3-6-17-22(15,2)10-8-18(26)25-17)14(21)4-5-16(21)19(27)20-23-11-12-24-20/h6,11-16H,3-5,7-10H2,1-2H3,(H,23,24)(H,25,26)/t13-,14-,15-,16+,21-,22+/m0/s1. The summed E-state index contributed by atoms with van der Waals surface area (Å²) in [5, 5.41) is 3.16. The highest BCUT2D eigenvalue weighted by Gasteiger charge is 2.60. The monoisotopic (exact) mass is 367 g/mol. The summed E-state index contributed by atoms with van der Waals surface area (Å²) in [5.74, 6) is 2.81. The number of fused-ring (bicyclic) bond motifs is 5. The Morgan fingerprint density at radius 3 is 2.81 bits per heavy atom. The molecule has 1 saturated heterocycles. The van der Waals surface area contributed by atoms with Gasteiger partial charge >= 0.3 is 0 Å². The van der Waals surface area contributed by atoms with E-state index in [9.17, 15) is 9.59 Å². The van der Waals surface area contributed by atoms with Gasteiger partial charge in [0.15, 0.2) is 5.82 Å². The Morgan fingerprint density at radius 2 is 2.04 bits per heavy atom. The molecule has 27 heavy (non-hydrogen) atoms. The molecule has 144 valence electrons. The minimum absolute atomic E-state index is 0.0741. The highest BCUT2D eigenvalue weighted by Crippen LogP contribution is 2.65. The molecule has 1 amide bonds. The van der Waals surface area contributed by atoms with E-state index in [1.54, 1.807) is 12.4 Å². The van der Waals surface area contributed by atoms with Crippen LogP contribution in [0.5, 0.6) is 0 Å². The summed E-state index contributed by atoms with van der Waals surface area (Å²) in [6.45, 7) is 4.72. The Labute approximate surface area is 160 Å². The van der Waals surface area contributed by atoms with E-state index in [2.05, 4.69) is 35.2 Å². The molecule has 3 aliphatic carbocycles. The van der Waals surface area contributed by atoms with Crippen molar-refractivity contribution in [3.63, 3.8) is 0 Å². The summed E-state index contributed by atoms with van der Waals surface area (Å²) in [7, 11) is 0. The Balaban J connectivity index is 1.45. The molecule has 3 fully saturated rings. The number of hydrogen-bond donors (Lipinski definition) is 2. The van der Waals surface area contributed by atoms with Gasteiger partial charge in [-0.1, -0.05) is 19.9 Å². The van der Waals surface area contributed by atoms with Crippen LogP contribution >= 0.6 is 0 Å². The van der Waals surface area contributed by atoms with Crippen LogP contribution in [0.15, 0.2) is 24.2 Å². The van der Waals surface area contributed by atoms with Crippen LogP contribution < -0.4 is 5.32 Å². The number of carbonyl (C=O) groups is 2. The van der Waals surface area contributed by atoms with Crippen molar-refractivity contribution in [3.05, 3.63) is 30.0 Å². The maximum atomic E-state index is 13.1. The molecule has 0 aromatic carbocycles. The van der Waals surface area contributed by atoms with Gasteiger partial charge in [-0.05, 0) is 61.7 Å². The molecule has 1 aromatic rings. The van der Waals surface area contributed by atoms with Gasteiger partial charge in [-0.15, -0.1) is 0 Å². The molecule has 0 unspecified atom stereocenters. The number of allylic oxidation sites excluding steroid dienone is 2. The second-order valence-corrected chi connectivity index (χ2v) is 9.67. The van der Waals surface area contributed by atoms with Crippen molar-refractivity contribution in [2.24, 2.45) is 34.5 Å². The third kappa shape index (κ3) is 2.33. The zero-order valence-corrected chi connectivity index (χ0v) is 16.3. The number of H-pyrrole nitrogens is 1. The molecule has 5 nitrogen and oxygen atoms in total. The van der Waals surface area contributed by atoms with E-state index < -0.39 is 0 Å². The molecular formula is C22H29N3O2. The Kier molecular flexibility index (Phi) is 3.69. The van der Waals surface area contributed by atoms with Gasteiger partial charge in [0.25, 0.3) is 0 Å². The molecule has 5 rings (SSSR count). The number of aromatic nitrogens is 2. The zero-order valence-electron chi connectivity index (χ0n) is 16.3. The first kappa shape index (κ1) is 17.2. The van der Waals surface area contributed by atoms with E-state index in [0.717, 1.165) is 38.5 Å². The number of nitrogens with one attached hydrogen (secondary N) is 2. The third-order valence-corrected chi connectivity index (χ3v) is 8.66. The van der Waals surface area contributed by atoms with Crippen molar-refractivity contribution in [1.29, 1.82) is 0 Å². The van der Waals surface area contributed by atoms with Crippen LogP contribution in [0, 0.1) is 34.5 Å². The quantitative estimate of drug-likeness (QED) is 0.780. The van der Waals surface area contributed by atoms with Crippen molar-refractivity contribution in [2.75, 3.05) is 0 Å². The van der Waals surface area contributed by atoms with Gasteiger partial charge in [-0.2, -0.15) is 0 Å². The molecule has 1 aliphatic heterocycles. The van der Waals surface area contributed by atoms with Gasteiger partial charge in [-0.25, -0.2) is 4.98 Å². The van der Waals surface area contributed by atoms with E-state index in [0.29, 0.717) is 30.0 Å². The van der Waals surface area contributed by atoms with Crippen molar-refractivity contribution in [1.82, 2.24) is 15.3 Å². The van der Waals surface area contributed by atoms with Gasteiger partial charge in [-0.3, -0.25) is 9.59 Å². The lowest BCUT2D eigenvalue weighted by Gasteiger charge is -2.57. The SMILES string of the molecule is C[C@]12CC[C@H]3[C@@H](CC=C4NC(=O)CC[C@@]43C)[C@@H]1CC[C@@H]2C(=O)c1ncc[nH]1. The lowest BCUT2D eigenvalue weighted by molar-refractivity contribution is -0.125. The smallest absolute Gasteiger partial charge is 0.224 e. The molecule has 4 aliphatic rings. The summed E-state index contributed by atoms with van der Waals surface area (Å²) in [6.07, 6.45) is 12.7. The predicted octanol–water partition coefficient (Wildman–Crippen LogP) is 3.86. The fraction of sp³-hybridized carbons (Fsp3) is 0.682. The zero-order chi connectivity index (χ0) is 18.8. The Hall–Kier alpha value is -1.91. The van der Waals surface area contributed by atoms with E-state index in [-0.39, 0.29) is 28.4 Å². The van der Waals surface area contributed by atoms with Crippen LogP contribution in [0.2, 0.25) is 0 Å². The molecule has 2 saturated carbocycles. The summed E-state index contributed by atoms with van der Waals surface area (Å²) in [4.78, 5) is 32.2. The fourth-order valence-corrected chi connectivity index (χ4v) is 7.19. The Morgan fingerprint density at radius 1 is 1.19 bits per heavy atom. The first-order valence-electron chi connectivity index (χ1n) is 10.5. The number of hydrogen-bond acceptors (Lipinski definition) is 3. The average molecular weight is 367 g/mol. The fourth-order valence-electron chi connectivity index (χ4n) is 7.19. The van der Waals surface area contributed by atoms with Gasteiger partial charge in [0.05, 0.1) is 0 Å². The van der Waals surface area contributed by atoms with E-state index >= 15 is 0 Å². The molecule has 2 N–H and O–H groups in total. The van der Waals surface area contributed by atoms with Crippen molar-refractivity contribution < 1.29 is 9.59 Å². The van der Waals surface area contributed by atoms with Crippen LogP contribution in [0.3, 0.4) is 0 Å². The van der Waals surface area contributed by atoms with E-state index in [1.165, 1.54) is 5.70 Å². The van der Waals surface area contributed by atoms with Gasteiger partial charge in [0, 0.05) is 35.8 Å². The maximum absolute atomic E-state index is 13.1. The van der Waals surface area contributed by atoms with Crippen LogP contribution in [-0.4, -0.2) is 21.7 Å². The number of piperidine rings is 1. The number of carbonyl (C=O) groups excluding carboxylic acids is 2. The number of Topliss-reactive ketones (excluding diaryl/α,β-unsaturated/α-hetero) is 1. The number of nitrogens with zero attached hydrogens (tertiary/aromatic N) is 1. The van der Waals surface area contributed by atoms with Crippen LogP contribution in [0.25, 0.3) is 0 Å². The van der Waals surface area contributed by atoms with Crippen LogP contribution in [-0.2, 0) is 4.79 Å². The second kappa shape index (κ2) is 5.79. The maximum Gasteiger partial charge on any atom is 0.224 e. The van der Waals surface area contributed by atoms with E-state index in [1.807, 2.05) is 0 Å². The molecule has 1 aromatic heterocycles. The van der Waals surface area contributed by atoms with Crippen LogP contribution in [0.1, 0.15) is 69.4 Å². The number of aromatic amines is 1. The predicted molar refractivity (Wildman–Crippen MR) is 102 cm³/mol. The molecule has 2 heterocycles. The molecule has 0 radical (unpaired) electrons. The summed E-state index contributed by atoms with van der Waals surface area (Å²) in [5.41, 5.74) is 1.34. The molecule has 6 atom stereocenters. The van der Waals surface area contributed by atoms with Crippen molar-refractivity contribution in [3.8, 4) is 0 Å². The number of ketones is 1. The minimum Gasteiger partial charge on any atom is -0.342 e. The number of imidazole rings is 1. The molecular weight excluding hydrogens is 338 g/mol. The van der Waals surface area contributed by atoms with Crippen molar-refractivity contribution >= 4 is 11.7 Å². The first-order chi connectivity index (χ1) is 12.9. The highest BCUT2D eigenvalue weighted by atomic mass is 16.1. The lowest BCUT2D eigenvalue weighted by atomic mass is 9.49. The van der Waals surface area contributed by atoms with Crippen LogP contribution in [0.4, 0.5) is 0 Å². The third-order valence-electron chi connectivity index (χ3n) is 8.66. The number of amides is 1. The second-order valence-electron chi connectivity index (χ2n) is 9.67. The first-order valence-corrected chi connectivity index (χ1v) is 10.5. The largest absolute Gasteiger partial charge is 0.342 e. The van der Waals surface area contributed by atoms with Gasteiger partial charge in [0.1, 0.15) is 0 Å². The highest BCUT2D eigenvalue weighted by molar-refractivity contribution is 5.95. The van der Waals surface area contributed by atoms with Crippen molar-refractivity contribution in [2.45, 2.75) is 58.8 Å². The van der Waals surface area contributed by atoms with Gasteiger partial charge in [0.2, 0.25) is 11.7 Å². The summed E-state index contributed by atoms with van der Waals surface area (Å²) in [6, 6.07) is 0. The van der Waals surface area contributed by atoms with E-state index in [4.69, 9.17) is 0 Å². The topological polar surface area (TPSA) is 74.8 Å². The minimum atomic E-state index is 0.0741. The Bertz CT molecular complexity index is 814. The molecule has 0 spiro atoms. The normalized spacial score (nSPS) is 43.2. The molecule has 0 bridgehead atoms. The van der Waals surface area contributed by atoms with Gasteiger partial charge < -0.3 is 10.3 Å².